The summed E-state index contributed by atoms with van der Waals surface area (Å²) in [5.41, 5.74) is 3.58. The molecule has 4 nitrogen and oxygen atoms in total. The molecule has 0 aliphatic heterocycles. The van der Waals surface area contributed by atoms with Gasteiger partial charge in [0.15, 0.2) is 0 Å². The number of aromatic nitrogens is 2. The van der Waals surface area contributed by atoms with E-state index in [4.69, 9.17) is 5.10 Å². The van der Waals surface area contributed by atoms with Crippen molar-refractivity contribution in [3.63, 3.8) is 0 Å². The van der Waals surface area contributed by atoms with Crippen LogP contribution in [0.4, 0.5) is 0 Å². The first kappa shape index (κ1) is 23.1. The zero-order chi connectivity index (χ0) is 20.7. The van der Waals surface area contributed by atoms with Crippen molar-refractivity contribution in [1.82, 2.24) is 5.10 Å². The molecule has 0 aliphatic carbocycles. The Morgan fingerprint density at radius 2 is 1.55 bits per heavy atom. The number of carbonyl (C=O) groups excluding carboxylic acids is 1. The van der Waals surface area contributed by atoms with Gasteiger partial charge >= 0.3 is 5.97 Å². The lowest BCUT2D eigenvalue weighted by molar-refractivity contribution is -0.668. The van der Waals surface area contributed by atoms with Crippen LogP contribution in [0.1, 0.15) is 82.5 Å². The molecular weight excluding hydrogens is 360 g/mol. The molecule has 4 heteroatoms. The first-order valence-corrected chi connectivity index (χ1v) is 11.3. The van der Waals surface area contributed by atoms with Crippen LogP contribution in [0, 0.1) is 0 Å². The number of unbranched alkanes of at least 4 members (excludes halogenated alkanes) is 7. The molecule has 0 saturated heterocycles. The molecular formula is C25H37N2O2+. The van der Waals surface area contributed by atoms with Crippen molar-refractivity contribution >= 4 is 5.97 Å². The molecule has 2 rings (SSSR count). The third-order valence-electron chi connectivity index (χ3n) is 5.30. The molecule has 0 spiro atoms. The minimum atomic E-state index is -0.102. The maximum absolute atomic E-state index is 11.2. The Kier molecular flexibility index (Phi) is 11.0. The summed E-state index contributed by atoms with van der Waals surface area (Å²) < 4.78 is 6.82. The summed E-state index contributed by atoms with van der Waals surface area (Å²) in [5, 5.41) is 4.96. The Balaban J connectivity index is 1.89. The molecule has 158 valence electrons. The summed E-state index contributed by atoms with van der Waals surface area (Å²) in [6, 6.07) is 14.9. The topological polar surface area (TPSA) is 43.1 Å². The van der Waals surface area contributed by atoms with Crippen LogP contribution in [0.25, 0.3) is 5.69 Å². The molecule has 0 atom stereocenters. The zero-order valence-corrected chi connectivity index (χ0v) is 18.2. The number of para-hydroxylation sites is 1. The predicted octanol–water partition coefficient (Wildman–Crippen LogP) is 5.54. The van der Waals surface area contributed by atoms with E-state index < -0.39 is 0 Å². The summed E-state index contributed by atoms with van der Waals surface area (Å²) in [5.74, 6) is -0.102. The van der Waals surface area contributed by atoms with Crippen molar-refractivity contribution in [3.05, 3.63) is 53.9 Å². The lowest BCUT2D eigenvalue weighted by Gasteiger charge is -2.05. The van der Waals surface area contributed by atoms with E-state index >= 15 is 0 Å². The highest BCUT2D eigenvalue weighted by atomic mass is 16.5. The highest BCUT2D eigenvalue weighted by Crippen LogP contribution is 2.11. The summed E-state index contributed by atoms with van der Waals surface area (Å²) >= 11 is 0. The Bertz CT molecular complexity index is 716. The van der Waals surface area contributed by atoms with Gasteiger partial charge in [-0.05, 0) is 36.4 Å². The fourth-order valence-corrected chi connectivity index (χ4v) is 3.55. The third-order valence-corrected chi connectivity index (χ3v) is 5.30. The largest absolute Gasteiger partial charge is 0.469 e. The maximum Gasteiger partial charge on any atom is 0.305 e. The normalized spacial score (nSPS) is 10.8. The van der Waals surface area contributed by atoms with Crippen molar-refractivity contribution in [2.75, 3.05) is 7.11 Å². The third kappa shape index (κ3) is 8.76. The second-order valence-corrected chi connectivity index (χ2v) is 7.72. The average molecular weight is 398 g/mol. The van der Waals surface area contributed by atoms with Gasteiger partial charge in [0, 0.05) is 36.1 Å². The van der Waals surface area contributed by atoms with Gasteiger partial charge in [-0.25, -0.2) is 0 Å². The Hall–Kier alpha value is -2.23. The molecule has 0 bridgehead atoms. The second kappa shape index (κ2) is 13.9. The van der Waals surface area contributed by atoms with Crippen molar-refractivity contribution in [3.8, 4) is 5.69 Å². The van der Waals surface area contributed by atoms with Crippen LogP contribution in [0.15, 0.2) is 42.5 Å². The van der Waals surface area contributed by atoms with E-state index in [1.165, 1.54) is 50.6 Å². The van der Waals surface area contributed by atoms with Crippen LogP contribution >= 0.6 is 0 Å². The van der Waals surface area contributed by atoms with Gasteiger partial charge in [0.25, 0.3) is 0 Å². The van der Waals surface area contributed by atoms with Gasteiger partial charge in [-0.2, -0.15) is 0 Å². The summed E-state index contributed by atoms with van der Waals surface area (Å²) in [7, 11) is 1.45. The van der Waals surface area contributed by atoms with Gasteiger partial charge in [-0.3, -0.25) is 4.79 Å². The zero-order valence-electron chi connectivity index (χ0n) is 18.2. The number of hydrogen-bond donors (Lipinski definition) is 0. The van der Waals surface area contributed by atoms with Gasteiger partial charge in [0.1, 0.15) is 5.69 Å². The summed E-state index contributed by atoms with van der Waals surface area (Å²) in [6.45, 7) is 2.25. The van der Waals surface area contributed by atoms with Crippen LogP contribution in [-0.4, -0.2) is 18.2 Å². The fourth-order valence-electron chi connectivity index (χ4n) is 3.55. The highest BCUT2D eigenvalue weighted by molar-refractivity contribution is 5.68. The predicted molar refractivity (Wildman–Crippen MR) is 117 cm³/mol. The van der Waals surface area contributed by atoms with Crippen LogP contribution in [0.3, 0.4) is 0 Å². The van der Waals surface area contributed by atoms with E-state index in [2.05, 4.69) is 52.7 Å². The minimum absolute atomic E-state index is 0.102. The van der Waals surface area contributed by atoms with Crippen molar-refractivity contribution in [2.45, 2.75) is 84.0 Å². The number of nitrogens with zero attached hydrogens (tertiary/aromatic N) is 2. The van der Waals surface area contributed by atoms with Gasteiger partial charge < -0.3 is 4.74 Å². The van der Waals surface area contributed by atoms with Gasteiger partial charge in [-0.1, -0.05) is 63.6 Å². The van der Waals surface area contributed by atoms with E-state index in [0.29, 0.717) is 6.42 Å². The maximum atomic E-state index is 11.2. The van der Waals surface area contributed by atoms with Crippen LogP contribution < -0.4 is 4.68 Å². The average Bonchev–Trinajstić information content (AvgIpc) is 2.77. The second-order valence-electron chi connectivity index (χ2n) is 7.72. The smallest absolute Gasteiger partial charge is 0.305 e. The quantitative estimate of drug-likeness (QED) is 0.239. The molecule has 1 aromatic carbocycles. The van der Waals surface area contributed by atoms with Crippen molar-refractivity contribution in [1.29, 1.82) is 0 Å². The molecule has 0 fully saturated rings. The first-order valence-electron chi connectivity index (χ1n) is 11.3. The molecule has 2 aromatic rings. The van der Waals surface area contributed by atoms with E-state index in [-0.39, 0.29) is 5.97 Å². The van der Waals surface area contributed by atoms with Gasteiger partial charge in [0.2, 0.25) is 11.4 Å². The number of aryl methyl sites for hydroxylation is 2. The SMILES string of the molecule is CCCCCCc1ccc(CCCCCCCC(=O)OC)[n+](-c2ccccc2)n1. The Morgan fingerprint density at radius 3 is 2.31 bits per heavy atom. The molecule has 0 radical (unpaired) electrons. The first-order chi connectivity index (χ1) is 14.2. The molecule has 0 amide bonds. The van der Waals surface area contributed by atoms with Crippen LogP contribution in [0.2, 0.25) is 0 Å². The number of esters is 1. The molecule has 1 aromatic heterocycles. The highest BCUT2D eigenvalue weighted by Gasteiger charge is 2.17. The number of methoxy groups -OCH3 is 1. The number of carbonyl (C=O) groups is 1. The molecule has 0 aliphatic rings. The van der Waals surface area contributed by atoms with E-state index in [1.54, 1.807) is 0 Å². The monoisotopic (exact) mass is 397 g/mol. The van der Waals surface area contributed by atoms with E-state index in [0.717, 1.165) is 44.2 Å². The molecule has 0 N–H and O–H groups in total. The molecule has 1 heterocycles. The number of hydrogen-bond acceptors (Lipinski definition) is 3. The van der Waals surface area contributed by atoms with E-state index in [9.17, 15) is 4.79 Å². The fraction of sp³-hybridized carbons (Fsp3) is 0.560. The van der Waals surface area contributed by atoms with Gasteiger partial charge in [0.05, 0.1) is 7.11 Å². The Labute approximate surface area is 176 Å². The molecule has 0 saturated carbocycles. The van der Waals surface area contributed by atoms with Crippen molar-refractivity contribution in [2.24, 2.45) is 0 Å². The van der Waals surface area contributed by atoms with Crippen LogP contribution in [-0.2, 0) is 22.4 Å². The van der Waals surface area contributed by atoms with Gasteiger partial charge in [-0.15, -0.1) is 0 Å². The number of benzene rings is 1. The minimum Gasteiger partial charge on any atom is -0.469 e. The Morgan fingerprint density at radius 1 is 0.862 bits per heavy atom. The van der Waals surface area contributed by atoms with E-state index in [1.807, 2.05) is 6.07 Å². The standard InChI is InChI=1S/C25H37N2O2/c1-3-4-5-10-15-22-20-21-24(27(26-22)23-16-12-9-13-17-23)18-11-7-6-8-14-19-25(28)29-2/h9,12-13,16-17,20-21H,3-8,10-11,14-15,18-19H2,1-2H3/q+1. The summed E-state index contributed by atoms with van der Waals surface area (Å²) in [4.78, 5) is 11.2. The van der Waals surface area contributed by atoms with Crippen molar-refractivity contribution < 1.29 is 14.2 Å². The molecule has 29 heavy (non-hydrogen) atoms. The lowest BCUT2D eigenvalue weighted by atomic mass is 10.1. The van der Waals surface area contributed by atoms with Crippen LogP contribution in [0.5, 0.6) is 0 Å². The lowest BCUT2D eigenvalue weighted by Crippen LogP contribution is -2.40. The summed E-state index contributed by atoms with van der Waals surface area (Å²) in [6.07, 6.45) is 13.1. The number of ether oxygens (including phenoxy) is 1. The molecule has 0 unspecified atom stereocenters. The number of rotatable bonds is 14.